The second kappa shape index (κ2) is 6.18. The number of nitrogen functional groups attached to an aromatic ring is 1. The Balaban J connectivity index is 2.88. The Morgan fingerprint density at radius 3 is 2.76 bits per heavy atom. The molecule has 0 bridgehead atoms. The second-order valence-corrected chi connectivity index (χ2v) is 4.21. The van der Waals surface area contributed by atoms with Crippen LogP contribution in [0.1, 0.15) is 32.9 Å². The first kappa shape index (κ1) is 13.4. The molecule has 1 aromatic heterocycles. The molecule has 0 saturated heterocycles. The van der Waals surface area contributed by atoms with E-state index in [0.717, 1.165) is 19.5 Å². The largest absolute Gasteiger partial charge is 0.382 e. The number of nitrogens with one attached hydrogen (secondary N) is 1. The lowest BCUT2D eigenvalue weighted by atomic mass is 10.1. The van der Waals surface area contributed by atoms with Gasteiger partial charge in [0.2, 0.25) is 5.95 Å². The first-order chi connectivity index (χ1) is 8.08. The molecule has 1 rings (SSSR count). The third-order valence-electron chi connectivity index (χ3n) is 2.81. The number of hydrogen-bond acceptors (Lipinski definition) is 4. The highest BCUT2D eigenvalue weighted by molar-refractivity contribution is 5.93. The van der Waals surface area contributed by atoms with Crippen LogP contribution < -0.4 is 10.6 Å². The minimum Gasteiger partial charge on any atom is -0.382 e. The average molecular weight is 235 g/mol. The van der Waals surface area contributed by atoms with Crippen molar-refractivity contribution in [3.05, 3.63) is 18.0 Å². The zero-order valence-corrected chi connectivity index (χ0v) is 10.8. The number of hydrogen-bond donors (Lipinski definition) is 2. The minimum atomic E-state index is -0.0201. The van der Waals surface area contributed by atoms with Gasteiger partial charge < -0.3 is 10.6 Å². The van der Waals surface area contributed by atoms with Crippen LogP contribution in [0, 0.1) is 11.3 Å². The second-order valence-electron chi connectivity index (χ2n) is 4.21. The molecule has 3 N–H and O–H groups in total. The van der Waals surface area contributed by atoms with Crippen LogP contribution in [0.25, 0.3) is 0 Å². The molecular formula is C12H21N5. The van der Waals surface area contributed by atoms with Crippen molar-refractivity contribution in [1.29, 1.82) is 5.41 Å². The van der Waals surface area contributed by atoms with Gasteiger partial charge in [-0.3, -0.25) is 5.41 Å². The van der Waals surface area contributed by atoms with Crippen LogP contribution in [0.3, 0.4) is 0 Å². The Kier molecular flexibility index (Phi) is 4.87. The van der Waals surface area contributed by atoms with Gasteiger partial charge in [0.1, 0.15) is 11.5 Å². The molecule has 0 saturated carbocycles. The fraction of sp³-hybridized carbons (Fsp3) is 0.583. The molecule has 1 aromatic rings. The van der Waals surface area contributed by atoms with Crippen LogP contribution in [0.5, 0.6) is 0 Å². The number of aromatic nitrogens is 2. The first-order valence-electron chi connectivity index (χ1n) is 6.00. The predicted octanol–water partition coefficient (Wildman–Crippen LogP) is 1.63. The van der Waals surface area contributed by atoms with Crippen molar-refractivity contribution in [3.8, 4) is 0 Å². The van der Waals surface area contributed by atoms with E-state index in [1.54, 1.807) is 12.3 Å². The van der Waals surface area contributed by atoms with Gasteiger partial charge in [0.05, 0.1) is 0 Å². The summed E-state index contributed by atoms with van der Waals surface area (Å²) in [5.74, 6) is 1.23. The van der Waals surface area contributed by atoms with Crippen LogP contribution in [0.15, 0.2) is 12.3 Å². The van der Waals surface area contributed by atoms with Gasteiger partial charge in [-0.2, -0.15) is 0 Å². The molecule has 0 spiro atoms. The summed E-state index contributed by atoms with van der Waals surface area (Å²) < 4.78 is 0. The summed E-state index contributed by atoms with van der Waals surface area (Å²) in [5, 5.41) is 7.38. The maximum atomic E-state index is 7.38. The molecular weight excluding hydrogens is 214 g/mol. The first-order valence-corrected chi connectivity index (χ1v) is 6.00. The van der Waals surface area contributed by atoms with E-state index in [4.69, 9.17) is 11.1 Å². The average Bonchev–Trinajstić information content (AvgIpc) is 2.35. The third kappa shape index (κ3) is 3.69. The topological polar surface area (TPSA) is 78.9 Å². The Bertz CT molecular complexity index is 377. The fourth-order valence-corrected chi connectivity index (χ4v) is 1.51. The van der Waals surface area contributed by atoms with Crippen LogP contribution in [0.4, 0.5) is 5.95 Å². The van der Waals surface area contributed by atoms with Crippen molar-refractivity contribution in [3.63, 3.8) is 0 Å². The van der Waals surface area contributed by atoms with Crippen LogP contribution in [-0.2, 0) is 0 Å². The van der Waals surface area contributed by atoms with E-state index in [2.05, 4.69) is 35.6 Å². The Hall–Kier alpha value is -1.65. The van der Waals surface area contributed by atoms with E-state index in [9.17, 15) is 0 Å². The van der Waals surface area contributed by atoms with Gasteiger partial charge in [-0.1, -0.05) is 20.3 Å². The van der Waals surface area contributed by atoms with Crippen molar-refractivity contribution in [2.75, 3.05) is 18.0 Å². The van der Waals surface area contributed by atoms with Gasteiger partial charge in [-0.25, -0.2) is 9.97 Å². The SMILES string of the molecule is CCC(C)CN(CC)c1nccc(C(=N)N)n1. The van der Waals surface area contributed by atoms with Gasteiger partial charge in [0.25, 0.3) is 0 Å². The summed E-state index contributed by atoms with van der Waals surface area (Å²) in [5.41, 5.74) is 5.91. The van der Waals surface area contributed by atoms with Gasteiger partial charge in [0, 0.05) is 19.3 Å². The van der Waals surface area contributed by atoms with Crippen LogP contribution in [0.2, 0.25) is 0 Å². The van der Waals surface area contributed by atoms with E-state index in [1.165, 1.54) is 0 Å². The fourth-order valence-electron chi connectivity index (χ4n) is 1.51. The molecule has 1 heterocycles. The zero-order valence-electron chi connectivity index (χ0n) is 10.8. The molecule has 94 valence electrons. The van der Waals surface area contributed by atoms with Crippen molar-refractivity contribution in [2.24, 2.45) is 11.7 Å². The standard InChI is InChI=1S/C12H21N5/c1-4-9(3)8-17(5-2)12-15-7-6-10(16-12)11(13)14/h6-7,9H,4-5,8H2,1-3H3,(H3,13,14). The van der Waals surface area contributed by atoms with Gasteiger partial charge in [-0.05, 0) is 18.9 Å². The van der Waals surface area contributed by atoms with E-state index < -0.39 is 0 Å². The van der Waals surface area contributed by atoms with E-state index in [1.807, 2.05) is 0 Å². The normalized spacial score (nSPS) is 12.2. The monoisotopic (exact) mass is 235 g/mol. The predicted molar refractivity (Wildman–Crippen MR) is 70.4 cm³/mol. The molecule has 0 aliphatic carbocycles. The van der Waals surface area contributed by atoms with Crippen molar-refractivity contribution in [1.82, 2.24) is 9.97 Å². The molecule has 17 heavy (non-hydrogen) atoms. The smallest absolute Gasteiger partial charge is 0.225 e. The number of nitrogens with zero attached hydrogens (tertiary/aromatic N) is 3. The highest BCUT2D eigenvalue weighted by Crippen LogP contribution is 2.11. The molecule has 0 aromatic carbocycles. The summed E-state index contributed by atoms with van der Waals surface area (Å²) in [6.45, 7) is 8.23. The molecule has 1 unspecified atom stereocenters. The van der Waals surface area contributed by atoms with Crippen LogP contribution >= 0.6 is 0 Å². The van der Waals surface area contributed by atoms with E-state index >= 15 is 0 Å². The summed E-state index contributed by atoms with van der Waals surface area (Å²) in [7, 11) is 0. The number of amidine groups is 1. The highest BCUT2D eigenvalue weighted by atomic mass is 15.2. The summed E-state index contributed by atoms with van der Waals surface area (Å²) >= 11 is 0. The Labute approximate surface area is 103 Å². The molecule has 0 amide bonds. The van der Waals surface area contributed by atoms with Crippen molar-refractivity contribution in [2.45, 2.75) is 27.2 Å². The van der Waals surface area contributed by atoms with Gasteiger partial charge in [0.15, 0.2) is 0 Å². The molecule has 0 aliphatic rings. The Morgan fingerprint density at radius 2 is 2.24 bits per heavy atom. The van der Waals surface area contributed by atoms with Gasteiger partial charge >= 0.3 is 0 Å². The van der Waals surface area contributed by atoms with Crippen LogP contribution in [-0.4, -0.2) is 28.9 Å². The molecule has 1 atom stereocenters. The molecule has 5 nitrogen and oxygen atoms in total. The zero-order chi connectivity index (χ0) is 12.8. The van der Waals surface area contributed by atoms with E-state index in [-0.39, 0.29) is 5.84 Å². The maximum absolute atomic E-state index is 7.38. The molecule has 0 aliphatic heterocycles. The number of anilines is 1. The van der Waals surface area contributed by atoms with Crippen molar-refractivity contribution < 1.29 is 0 Å². The lowest BCUT2D eigenvalue weighted by molar-refractivity contribution is 0.542. The van der Waals surface area contributed by atoms with E-state index in [0.29, 0.717) is 17.6 Å². The Morgan fingerprint density at radius 1 is 1.53 bits per heavy atom. The van der Waals surface area contributed by atoms with Gasteiger partial charge in [-0.15, -0.1) is 0 Å². The summed E-state index contributed by atoms with van der Waals surface area (Å²) in [6, 6.07) is 1.66. The lowest BCUT2D eigenvalue weighted by Crippen LogP contribution is -2.30. The minimum absolute atomic E-state index is 0.0201. The van der Waals surface area contributed by atoms with Crippen molar-refractivity contribution >= 4 is 11.8 Å². The lowest BCUT2D eigenvalue weighted by Gasteiger charge is -2.24. The molecule has 0 fully saturated rings. The number of rotatable bonds is 6. The summed E-state index contributed by atoms with van der Waals surface area (Å²) in [4.78, 5) is 10.7. The highest BCUT2D eigenvalue weighted by Gasteiger charge is 2.11. The number of nitrogens with two attached hydrogens (primary N) is 1. The quantitative estimate of drug-likeness (QED) is 0.580. The molecule has 0 radical (unpaired) electrons. The molecule has 5 heteroatoms. The third-order valence-corrected chi connectivity index (χ3v) is 2.81. The summed E-state index contributed by atoms with van der Waals surface area (Å²) in [6.07, 6.45) is 2.78. The maximum Gasteiger partial charge on any atom is 0.225 e.